The first-order chi connectivity index (χ1) is 18.9. The zero-order valence-electron chi connectivity index (χ0n) is 23.2. The van der Waals surface area contributed by atoms with Crippen molar-refractivity contribution in [2.45, 2.75) is 51.9 Å². The molecule has 40 heavy (non-hydrogen) atoms. The minimum atomic E-state index is -2.63. The molecule has 1 aromatic carbocycles. The molecular weight excluding hydrogens is 526 g/mol. The number of imidazole rings is 1. The van der Waals surface area contributed by atoms with Crippen LogP contribution in [-0.4, -0.2) is 32.8 Å². The van der Waals surface area contributed by atoms with Gasteiger partial charge in [-0.05, 0) is 72.2 Å². The van der Waals surface area contributed by atoms with E-state index in [1.54, 1.807) is 18.3 Å². The summed E-state index contributed by atoms with van der Waals surface area (Å²) in [5.41, 5.74) is 11.0. The molecule has 7 nitrogen and oxygen atoms in total. The number of pyridine rings is 3. The number of anilines is 1. The van der Waals surface area contributed by atoms with Crippen molar-refractivity contribution in [2.24, 2.45) is 0 Å². The van der Waals surface area contributed by atoms with Crippen molar-refractivity contribution in [3.63, 3.8) is 0 Å². The van der Waals surface area contributed by atoms with Crippen LogP contribution in [0, 0.1) is 0 Å². The second-order valence-corrected chi connectivity index (χ2v) is 16.0. The number of rotatable bonds is 7. The molecule has 206 valence electrons. The summed E-state index contributed by atoms with van der Waals surface area (Å²) in [7, 11) is -1.89. The lowest BCUT2D eigenvalue weighted by Crippen LogP contribution is -2.40. The zero-order valence-corrected chi connectivity index (χ0v) is 24.2. The molecule has 5 aromatic rings. The number of benzene rings is 1. The van der Waals surface area contributed by atoms with Gasteiger partial charge in [-0.15, -0.1) is 0 Å². The third kappa shape index (κ3) is 5.37. The zero-order chi connectivity index (χ0) is 28.7. The maximum absolute atomic E-state index is 13.0. The summed E-state index contributed by atoms with van der Waals surface area (Å²) in [6, 6.07) is 18.4. The number of halogens is 2. The number of alkyl halides is 2. The van der Waals surface area contributed by atoms with E-state index in [1.807, 2.05) is 47.0 Å². The number of nitrogens with zero attached hydrogens (tertiary/aromatic N) is 5. The number of aromatic nitrogens is 5. The van der Waals surface area contributed by atoms with Crippen LogP contribution in [0.25, 0.3) is 39.5 Å². The third-order valence-corrected chi connectivity index (χ3v) is 12.0. The fraction of sp³-hybridized carbons (Fsp3) is 0.267. The van der Waals surface area contributed by atoms with Gasteiger partial charge in [0.05, 0.1) is 17.9 Å². The average molecular weight is 559 g/mol. The summed E-state index contributed by atoms with van der Waals surface area (Å²) in [5.74, 6) is 0.951. The number of nitrogen functional groups attached to an aromatic ring is 1. The fourth-order valence-electron chi connectivity index (χ4n) is 4.06. The monoisotopic (exact) mass is 558 g/mol. The lowest BCUT2D eigenvalue weighted by Gasteiger charge is -2.36. The number of hydrogen-bond acceptors (Lipinski definition) is 6. The highest BCUT2D eigenvalue weighted by Gasteiger charge is 2.37. The SMILES string of the molecule is CC(C)(C)[Si](C)(C)OCc1ccc(-n2c(-c3cccnc3N)nc3ccc(-c4ccc(C(F)F)nc4)nc32)cc1. The van der Waals surface area contributed by atoms with Gasteiger partial charge >= 0.3 is 0 Å². The predicted octanol–water partition coefficient (Wildman–Crippen LogP) is 7.59. The molecule has 0 aliphatic carbocycles. The molecule has 0 saturated heterocycles. The highest BCUT2D eigenvalue weighted by molar-refractivity contribution is 6.74. The maximum Gasteiger partial charge on any atom is 0.280 e. The lowest BCUT2D eigenvalue weighted by atomic mass is 10.1. The predicted molar refractivity (Wildman–Crippen MR) is 157 cm³/mol. The second kappa shape index (κ2) is 10.5. The Kier molecular flexibility index (Phi) is 7.24. The number of fused-ring (bicyclic) bond motifs is 1. The van der Waals surface area contributed by atoms with Gasteiger partial charge in [0.2, 0.25) is 0 Å². The lowest BCUT2D eigenvalue weighted by molar-refractivity contribution is 0.146. The summed E-state index contributed by atoms with van der Waals surface area (Å²) in [6.07, 6.45) is 0.414. The van der Waals surface area contributed by atoms with E-state index in [-0.39, 0.29) is 10.7 Å². The number of nitrogens with two attached hydrogens (primary N) is 1. The molecule has 0 bridgehead atoms. The first-order valence-corrected chi connectivity index (χ1v) is 15.9. The maximum atomic E-state index is 13.0. The van der Waals surface area contributed by atoms with Crippen molar-refractivity contribution < 1.29 is 13.2 Å². The molecule has 0 atom stereocenters. The van der Waals surface area contributed by atoms with Gasteiger partial charge in [-0.25, -0.2) is 23.7 Å². The Morgan fingerprint density at radius 2 is 1.70 bits per heavy atom. The minimum Gasteiger partial charge on any atom is -0.413 e. The smallest absolute Gasteiger partial charge is 0.280 e. The topological polar surface area (TPSA) is 91.7 Å². The molecule has 0 spiro atoms. The summed E-state index contributed by atoms with van der Waals surface area (Å²) in [4.78, 5) is 17.9. The molecule has 2 N–H and O–H groups in total. The van der Waals surface area contributed by atoms with Crippen LogP contribution in [0.3, 0.4) is 0 Å². The number of hydrogen-bond donors (Lipinski definition) is 1. The Hall–Kier alpha value is -4.02. The average Bonchev–Trinajstić information content (AvgIpc) is 3.30. The largest absolute Gasteiger partial charge is 0.413 e. The van der Waals surface area contributed by atoms with Crippen molar-refractivity contribution in [3.8, 4) is 28.3 Å². The minimum absolute atomic E-state index is 0.125. The van der Waals surface area contributed by atoms with E-state index in [0.29, 0.717) is 46.2 Å². The van der Waals surface area contributed by atoms with Gasteiger partial charge in [-0.2, -0.15) is 0 Å². The van der Waals surface area contributed by atoms with E-state index in [0.717, 1.165) is 11.3 Å². The van der Waals surface area contributed by atoms with Crippen LogP contribution < -0.4 is 5.73 Å². The normalized spacial score (nSPS) is 12.4. The molecule has 10 heteroatoms. The van der Waals surface area contributed by atoms with Gasteiger partial charge in [-0.1, -0.05) is 32.9 Å². The summed E-state index contributed by atoms with van der Waals surface area (Å²) in [6.45, 7) is 11.7. The van der Waals surface area contributed by atoms with Crippen LogP contribution in [0.1, 0.15) is 38.5 Å². The molecule has 0 aliphatic heterocycles. The van der Waals surface area contributed by atoms with E-state index < -0.39 is 14.7 Å². The molecule has 0 fully saturated rings. The second-order valence-electron chi connectivity index (χ2n) is 11.2. The molecule has 5 rings (SSSR count). The fourth-order valence-corrected chi connectivity index (χ4v) is 5.02. The Balaban J connectivity index is 1.58. The van der Waals surface area contributed by atoms with Crippen molar-refractivity contribution in [1.82, 2.24) is 24.5 Å². The molecule has 0 saturated carbocycles. The van der Waals surface area contributed by atoms with E-state index in [9.17, 15) is 8.78 Å². The van der Waals surface area contributed by atoms with Crippen LogP contribution >= 0.6 is 0 Å². The Bertz CT molecular complexity index is 1640. The van der Waals surface area contributed by atoms with Crippen LogP contribution in [0.15, 0.2) is 73.1 Å². The molecule has 0 unspecified atom stereocenters. The van der Waals surface area contributed by atoms with Crippen molar-refractivity contribution in [2.75, 3.05) is 5.73 Å². The molecule has 0 amide bonds. The molecule has 0 aliphatic rings. The van der Waals surface area contributed by atoms with E-state index >= 15 is 0 Å². The van der Waals surface area contributed by atoms with Gasteiger partial charge in [0.25, 0.3) is 6.43 Å². The van der Waals surface area contributed by atoms with E-state index in [1.165, 1.54) is 12.3 Å². The summed E-state index contributed by atoms with van der Waals surface area (Å²) < 4.78 is 34.4. The van der Waals surface area contributed by atoms with E-state index in [4.69, 9.17) is 20.1 Å². The van der Waals surface area contributed by atoms with Gasteiger partial charge in [-0.3, -0.25) is 9.55 Å². The first kappa shape index (κ1) is 27.5. The highest BCUT2D eigenvalue weighted by Crippen LogP contribution is 2.37. The van der Waals surface area contributed by atoms with Crippen LogP contribution in [0.2, 0.25) is 18.1 Å². The van der Waals surface area contributed by atoms with Crippen LogP contribution in [-0.2, 0) is 11.0 Å². The van der Waals surface area contributed by atoms with Gasteiger partial charge in [0.1, 0.15) is 17.0 Å². The molecule has 4 aromatic heterocycles. The van der Waals surface area contributed by atoms with E-state index in [2.05, 4.69) is 43.8 Å². The first-order valence-electron chi connectivity index (χ1n) is 13.0. The highest BCUT2D eigenvalue weighted by atomic mass is 28.4. The van der Waals surface area contributed by atoms with Gasteiger partial charge < -0.3 is 10.2 Å². The molecule has 0 radical (unpaired) electrons. The third-order valence-electron chi connectivity index (χ3n) is 7.49. The van der Waals surface area contributed by atoms with Crippen molar-refractivity contribution >= 4 is 25.3 Å². The summed E-state index contributed by atoms with van der Waals surface area (Å²) in [5, 5.41) is 0.125. The van der Waals surface area contributed by atoms with Crippen LogP contribution in [0.4, 0.5) is 14.6 Å². The quantitative estimate of drug-likeness (QED) is 0.207. The Morgan fingerprint density at radius 3 is 2.33 bits per heavy atom. The summed E-state index contributed by atoms with van der Waals surface area (Å²) >= 11 is 0. The molecular formula is C30H32F2N6OSi. The Labute approximate surface area is 233 Å². The van der Waals surface area contributed by atoms with Gasteiger partial charge in [0.15, 0.2) is 19.8 Å². The van der Waals surface area contributed by atoms with Gasteiger partial charge in [0, 0.05) is 23.6 Å². The standard InChI is InChI=1S/C30H32F2N6OSi/c1-30(2,3)40(4,5)39-18-19-8-11-21(12-9-19)38-28(22-7-6-16-34-27(22)33)37-25-15-14-23(36-29(25)38)20-10-13-24(26(31)32)35-17-20/h6-17,26H,18H2,1-5H3,(H2,33,34). The Morgan fingerprint density at radius 1 is 0.950 bits per heavy atom. The molecule has 4 heterocycles. The van der Waals surface area contributed by atoms with Crippen LogP contribution in [0.5, 0.6) is 0 Å². The van der Waals surface area contributed by atoms with Crippen molar-refractivity contribution in [1.29, 1.82) is 0 Å². The van der Waals surface area contributed by atoms with Crippen molar-refractivity contribution in [3.05, 3.63) is 84.3 Å².